The molecule has 0 atom stereocenters. The van der Waals surface area contributed by atoms with Gasteiger partial charge in [0.2, 0.25) is 0 Å². The Hall–Kier alpha value is -2.28. The van der Waals surface area contributed by atoms with E-state index in [0.29, 0.717) is 13.2 Å². The molecule has 1 aromatic rings. The number of carbonyl (C=O) groups is 2. The van der Waals surface area contributed by atoms with Crippen molar-refractivity contribution < 1.29 is 29.3 Å². The van der Waals surface area contributed by atoms with E-state index in [9.17, 15) is 14.7 Å². The van der Waals surface area contributed by atoms with Gasteiger partial charge >= 0.3 is 12.1 Å². The lowest BCUT2D eigenvalue weighted by atomic mass is 10.2. The van der Waals surface area contributed by atoms with Crippen LogP contribution in [0.4, 0.5) is 10.5 Å². The molecule has 0 aliphatic carbocycles. The molecule has 0 aliphatic heterocycles. The second-order valence-electron chi connectivity index (χ2n) is 4.97. The normalized spacial score (nSPS) is 10.3. The first-order valence-electron chi connectivity index (χ1n) is 7.62. The van der Waals surface area contributed by atoms with Crippen molar-refractivity contribution >= 4 is 17.7 Å². The van der Waals surface area contributed by atoms with Gasteiger partial charge in [0.1, 0.15) is 17.9 Å². The first-order chi connectivity index (χ1) is 11.0. The number of aromatic carboxylic acids is 1. The molecule has 0 bridgehead atoms. The number of unbranched alkanes of at least 4 members (excludes halogenated alkanes) is 3. The van der Waals surface area contributed by atoms with Crippen molar-refractivity contribution in [2.24, 2.45) is 0 Å². The molecule has 128 valence electrons. The van der Waals surface area contributed by atoms with Gasteiger partial charge in [0.15, 0.2) is 0 Å². The molecule has 1 aromatic carbocycles. The average molecular weight is 325 g/mol. The number of carboxylic acids is 1. The summed E-state index contributed by atoms with van der Waals surface area (Å²) in [5.41, 5.74) is -0.0658. The maximum Gasteiger partial charge on any atom is 0.411 e. The molecule has 0 radical (unpaired) electrons. The van der Waals surface area contributed by atoms with Gasteiger partial charge in [-0.05, 0) is 24.6 Å². The van der Waals surface area contributed by atoms with E-state index in [1.54, 1.807) is 0 Å². The minimum absolute atomic E-state index is 0.115. The molecule has 0 fully saturated rings. The molecule has 0 aliphatic rings. The number of aromatic hydroxyl groups is 1. The van der Waals surface area contributed by atoms with E-state index in [4.69, 9.17) is 14.6 Å². The minimum atomic E-state index is -1.28. The molecule has 7 nitrogen and oxygen atoms in total. The highest BCUT2D eigenvalue weighted by Crippen LogP contribution is 2.21. The van der Waals surface area contributed by atoms with Crippen LogP contribution in [0.15, 0.2) is 18.2 Å². The summed E-state index contributed by atoms with van der Waals surface area (Å²) in [6.45, 7) is 3.21. The van der Waals surface area contributed by atoms with Crippen LogP contribution >= 0.6 is 0 Å². The fraction of sp³-hybridized carbons (Fsp3) is 0.500. The largest absolute Gasteiger partial charge is 0.507 e. The Morgan fingerprint density at radius 1 is 1.13 bits per heavy atom. The van der Waals surface area contributed by atoms with Crippen LogP contribution in [0, 0.1) is 0 Å². The summed E-state index contributed by atoms with van der Waals surface area (Å²) < 4.78 is 10.3. The smallest absolute Gasteiger partial charge is 0.411 e. The SMILES string of the molecule is CCCCCCOCCOC(=O)Nc1ccc(O)c(C(=O)O)c1. The Morgan fingerprint density at radius 3 is 2.61 bits per heavy atom. The molecule has 0 heterocycles. The summed E-state index contributed by atoms with van der Waals surface area (Å²) in [5.74, 6) is -1.65. The fourth-order valence-electron chi connectivity index (χ4n) is 1.87. The zero-order chi connectivity index (χ0) is 17.1. The highest BCUT2D eigenvalue weighted by Gasteiger charge is 2.11. The van der Waals surface area contributed by atoms with Crippen LogP contribution in [0.3, 0.4) is 0 Å². The van der Waals surface area contributed by atoms with E-state index in [1.807, 2.05) is 0 Å². The second-order valence-corrected chi connectivity index (χ2v) is 4.97. The summed E-state index contributed by atoms with van der Waals surface area (Å²) in [5, 5.41) is 20.6. The van der Waals surface area contributed by atoms with Crippen LogP contribution in [0.25, 0.3) is 0 Å². The number of nitrogens with one attached hydrogen (secondary N) is 1. The maximum absolute atomic E-state index is 11.6. The van der Waals surface area contributed by atoms with Crippen molar-refractivity contribution in [2.45, 2.75) is 32.6 Å². The lowest BCUT2D eigenvalue weighted by molar-refractivity contribution is 0.0693. The van der Waals surface area contributed by atoms with E-state index in [0.717, 1.165) is 18.9 Å². The highest BCUT2D eigenvalue weighted by molar-refractivity contribution is 5.93. The Morgan fingerprint density at radius 2 is 1.91 bits per heavy atom. The van der Waals surface area contributed by atoms with E-state index >= 15 is 0 Å². The zero-order valence-electron chi connectivity index (χ0n) is 13.2. The van der Waals surface area contributed by atoms with Crippen molar-refractivity contribution in [1.29, 1.82) is 0 Å². The molecule has 0 saturated heterocycles. The number of rotatable bonds is 10. The van der Waals surface area contributed by atoms with Crippen LogP contribution < -0.4 is 5.32 Å². The number of amides is 1. The third-order valence-electron chi connectivity index (χ3n) is 3.08. The molecule has 1 amide bonds. The number of anilines is 1. The molecule has 0 aromatic heterocycles. The topological polar surface area (TPSA) is 105 Å². The number of hydrogen-bond donors (Lipinski definition) is 3. The Bertz CT molecular complexity index is 517. The summed E-state index contributed by atoms with van der Waals surface area (Å²) in [6.07, 6.45) is 3.77. The number of ether oxygens (including phenoxy) is 2. The van der Waals surface area contributed by atoms with Crippen LogP contribution in [-0.4, -0.2) is 42.1 Å². The van der Waals surface area contributed by atoms with Gasteiger partial charge in [0.25, 0.3) is 0 Å². The Balaban J connectivity index is 2.24. The summed E-state index contributed by atoms with van der Waals surface area (Å²) in [4.78, 5) is 22.4. The molecule has 1 rings (SSSR count). The third-order valence-corrected chi connectivity index (χ3v) is 3.08. The van der Waals surface area contributed by atoms with Gasteiger partial charge < -0.3 is 19.7 Å². The fourth-order valence-corrected chi connectivity index (χ4v) is 1.87. The molecule has 23 heavy (non-hydrogen) atoms. The predicted molar refractivity (Wildman–Crippen MR) is 85.0 cm³/mol. The van der Waals surface area contributed by atoms with Crippen molar-refractivity contribution in [2.75, 3.05) is 25.1 Å². The zero-order valence-corrected chi connectivity index (χ0v) is 13.2. The Kier molecular flexibility index (Phi) is 8.52. The van der Waals surface area contributed by atoms with Crippen LogP contribution in [0.2, 0.25) is 0 Å². The van der Waals surface area contributed by atoms with Crippen molar-refractivity contribution in [1.82, 2.24) is 0 Å². The van der Waals surface area contributed by atoms with Crippen LogP contribution in [-0.2, 0) is 9.47 Å². The first-order valence-corrected chi connectivity index (χ1v) is 7.62. The average Bonchev–Trinajstić information content (AvgIpc) is 2.51. The Labute approximate surface area is 135 Å². The van der Waals surface area contributed by atoms with Crippen molar-refractivity contribution in [3.05, 3.63) is 23.8 Å². The van der Waals surface area contributed by atoms with Gasteiger partial charge in [-0.15, -0.1) is 0 Å². The third kappa shape index (κ3) is 7.51. The van der Waals surface area contributed by atoms with E-state index in [1.165, 1.54) is 25.0 Å². The highest BCUT2D eigenvalue weighted by atomic mass is 16.6. The molecule has 0 unspecified atom stereocenters. The van der Waals surface area contributed by atoms with Crippen LogP contribution in [0.1, 0.15) is 43.0 Å². The minimum Gasteiger partial charge on any atom is -0.507 e. The molecule has 0 spiro atoms. The summed E-state index contributed by atoms with van der Waals surface area (Å²) >= 11 is 0. The van der Waals surface area contributed by atoms with Crippen LogP contribution in [0.5, 0.6) is 5.75 Å². The lowest BCUT2D eigenvalue weighted by Crippen LogP contribution is -2.17. The van der Waals surface area contributed by atoms with Gasteiger partial charge in [0, 0.05) is 12.3 Å². The monoisotopic (exact) mass is 325 g/mol. The number of benzene rings is 1. The standard InChI is InChI=1S/C16H23NO6/c1-2-3-4-5-8-22-9-10-23-16(21)17-12-6-7-14(18)13(11-12)15(19)20/h6-7,11,18H,2-5,8-10H2,1H3,(H,17,21)(H,19,20). The van der Waals surface area contributed by atoms with Gasteiger partial charge in [0.05, 0.1) is 6.61 Å². The number of phenols is 1. The van der Waals surface area contributed by atoms with Gasteiger partial charge in [-0.1, -0.05) is 26.2 Å². The molecule has 7 heteroatoms. The second kappa shape index (κ2) is 10.4. The number of carbonyl (C=O) groups excluding carboxylic acids is 1. The number of hydrogen-bond acceptors (Lipinski definition) is 5. The predicted octanol–water partition coefficient (Wildman–Crippen LogP) is 3.24. The molecular formula is C16H23NO6. The van der Waals surface area contributed by atoms with Crippen molar-refractivity contribution in [3.63, 3.8) is 0 Å². The molecule has 3 N–H and O–H groups in total. The van der Waals surface area contributed by atoms with Gasteiger partial charge in [-0.3, -0.25) is 5.32 Å². The van der Waals surface area contributed by atoms with Gasteiger partial charge in [-0.2, -0.15) is 0 Å². The molecular weight excluding hydrogens is 302 g/mol. The van der Waals surface area contributed by atoms with E-state index < -0.39 is 12.1 Å². The summed E-state index contributed by atoms with van der Waals surface area (Å²) in [7, 11) is 0. The van der Waals surface area contributed by atoms with Gasteiger partial charge in [-0.25, -0.2) is 9.59 Å². The quantitative estimate of drug-likeness (QED) is 0.450. The maximum atomic E-state index is 11.6. The summed E-state index contributed by atoms with van der Waals surface area (Å²) in [6, 6.07) is 3.73. The molecule has 0 saturated carbocycles. The lowest BCUT2D eigenvalue weighted by Gasteiger charge is -2.09. The van der Waals surface area contributed by atoms with Crippen molar-refractivity contribution in [3.8, 4) is 5.75 Å². The van der Waals surface area contributed by atoms with E-state index in [2.05, 4.69) is 12.2 Å². The van der Waals surface area contributed by atoms with E-state index in [-0.39, 0.29) is 23.6 Å². The first kappa shape index (κ1) is 18.8. The number of carboxylic acid groups (broad SMARTS) is 1.